The SMILES string of the molecule is COc1ccc2cc(C(Br)CC3CC3)ccc2c1. The van der Waals surface area contributed by atoms with Gasteiger partial charge in [0.2, 0.25) is 0 Å². The summed E-state index contributed by atoms with van der Waals surface area (Å²) in [6.07, 6.45) is 4.08. The molecule has 1 saturated carbocycles. The Morgan fingerprint density at radius 1 is 1.17 bits per heavy atom. The molecule has 1 unspecified atom stereocenters. The fraction of sp³-hybridized carbons (Fsp3) is 0.375. The highest BCUT2D eigenvalue weighted by Gasteiger charge is 2.24. The van der Waals surface area contributed by atoms with E-state index in [0.29, 0.717) is 4.83 Å². The minimum atomic E-state index is 0.497. The Kier molecular flexibility index (Phi) is 3.29. The number of fused-ring (bicyclic) bond motifs is 1. The van der Waals surface area contributed by atoms with Gasteiger partial charge in [0.05, 0.1) is 7.11 Å². The van der Waals surface area contributed by atoms with E-state index in [9.17, 15) is 0 Å². The summed E-state index contributed by atoms with van der Waals surface area (Å²) >= 11 is 3.82. The van der Waals surface area contributed by atoms with Crippen molar-refractivity contribution in [1.82, 2.24) is 0 Å². The lowest BCUT2D eigenvalue weighted by Gasteiger charge is -2.11. The van der Waals surface area contributed by atoms with E-state index in [-0.39, 0.29) is 0 Å². The molecule has 2 heteroatoms. The van der Waals surface area contributed by atoms with E-state index in [0.717, 1.165) is 11.7 Å². The molecule has 1 aliphatic rings. The van der Waals surface area contributed by atoms with Gasteiger partial charge in [-0.25, -0.2) is 0 Å². The van der Waals surface area contributed by atoms with Crippen molar-refractivity contribution in [2.24, 2.45) is 5.92 Å². The van der Waals surface area contributed by atoms with Crippen LogP contribution in [0.4, 0.5) is 0 Å². The quantitative estimate of drug-likeness (QED) is 0.715. The molecule has 0 spiro atoms. The van der Waals surface area contributed by atoms with E-state index >= 15 is 0 Å². The summed E-state index contributed by atoms with van der Waals surface area (Å²) in [6, 6.07) is 12.9. The predicted octanol–water partition coefficient (Wildman–Crippen LogP) is 5.08. The molecule has 0 radical (unpaired) electrons. The Hall–Kier alpha value is -1.02. The van der Waals surface area contributed by atoms with Crippen molar-refractivity contribution in [2.45, 2.75) is 24.1 Å². The topological polar surface area (TPSA) is 9.23 Å². The number of benzene rings is 2. The molecular weight excluding hydrogens is 288 g/mol. The molecule has 0 N–H and O–H groups in total. The molecule has 0 saturated heterocycles. The predicted molar refractivity (Wildman–Crippen MR) is 79.5 cm³/mol. The van der Waals surface area contributed by atoms with E-state index in [1.54, 1.807) is 7.11 Å². The van der Waals surface area contributed by atoms with E-state index < -0.39 is 0 Å². The van der Waals surface area contributed by atoms with Crippen molar-refractivity contribution in [2.75, 3.05) is 7.11 Å². The molecule has 0 aliphatic heterocycles. The molecule has 1 fully saturated rings. The zero-order valence-corrected chi connectivity index (χ0v) is 12.1. The van der Waals surface area contributed by atoms with Gasteiger partial charge in [0.15, 0.2) is 0 Å². The highest BCUT2D eigenvalue weighted by molar-refractivity contribution is 9.09. The van der Waals surface area contributed by atoms with Gasteiger partial charge in [-0.1, -0.05) is 53.0 Å². The molecule has 1 atom stereocenters. The Labute approximate surface area is 116 Å². The first kappa shape index (κ1) is 12.0. The highest BCUT2D eigenvalue weighted by atomic mass is 79.9. The maximum absolute atomic E-state index is 5.25. The number of hydrogen-bond acceptors (Lipinski definition) is 1. The number of methoxy groups -OCH3 is 1. The average Bonchev–Trinajstić information content (AvgIpc) is 3.21. The van der Waals surface area contributed by atoms with Crippen LogP contribution >= 0.6 is 15.9 Å². The maximum Gasteiger partial charge on any atom is 0.119 e. The molecule has 3 rings (SSSR count). The van der Waals surface area contributed by atoms with Crippen molar-refractivity contribution < 1.29 is 4.74 Å². The fourth-order valence-corrected chi connectivity index (χ4v) is 3.16. The smallest absolute Gasteiger partial charge is 0.119 e. The van der Waals surface area contributed by atoms with Crippen LogP contribution in [0.15, 0.2) is 36.4 Å². The molecule has 94 valence electrons. The van der Waals surface area contributed by atoms with Crippen molar-refractivity contribution in [3.05, 3.63) is 42.0 Å². The average molecular weight is 305 g/mol. The summed E-state index contributed by atoms with van der Waals surface area (Å²) in [6.45, 7) is 0. The van der Waals surface area contributed by atoms with Crippen LogP contribution in [0, 0.1) is 5.92 Å². The Morgan fingerprint density at radius 2 is 1.89 bits per heavy atom. The van der Waals surface area contributed by atoms with E-state index in [1.165, 1.54) is 35.6 Å². The third-order valence-electron chi connectivity index (χ3n) is 3.67. The molecule has 0 bridgehead atoms. The first-order chi connectivity index (χ1) is 8.76. The second-order valence-electron chi connectivity index (χ2n) is 5.12. The maximum atomic E-state index is 5.25. The molecule has 0 amide bonds. The number of halogens is 1. The molecule has 1 aliphatic carbocycles. The van der Waals surface area contributed by atoms with Gasteiger partial charge in [-0.2, -0.15) is 0 Å². The largest absolute Gasteiger partial charge is 0.497 e. The monoisotopic (exact) mass is 304 g/mol. The van der Waals surface area contributed by atoms with Crippen molar-refractivity contribution in [1.29, 1.82) is 0 Å². The van der Waals surface area contributed by atoms with Gasteiger partial charge >= 0.3 is 0 Å². The number of hydrogen-bond donors (Lipinski definition) is 0. The zero-order valence-electron chi connectivity index (χ0n) is 10.5. The number of ether oxygens (including phenoxy) is 1. The van der Waals surface area contributed by atoms with Crippen LogP contribution < -0.4 is 4.74 Å². The molecular formula is C16H17BrO. The molecule has 0 heterocycles. The van der Waals surface area contributed by atoms with E-state index in [2.05, 4.69) is 46.3 Å². The minimum Gasteiger partial charge on any atom is -0.497 e. The van der Waals surface area contributed by atoms with Crippen LogP contribution in [-0.2, 0) is 0 Å². The second kappa shape index (κ2) is 4.93. The van der Waals surface area contributed by atoms with Gasteiger partial charge in [-0.15, -0.1) is 0 Å². The summed E-state index contributed by atoms with van der Waals surface area (Å²) in [5.41, 5.74) is 1.39. The number of rotatable bonds is 4. The molecule has 2 aromatic rings. The fourth-order valence-electron chi connectivity index (χ4n) is 2.35. The van der Waals surface area contributed by atoms with Crippen LogP contribution in [0.5, 0.6) is 5.75 Å². The lowest BCUT2D eigenvalue weighted by molar-refractivity contribution is 0.415. The first-order valence-electron chi connectivity index (χ1n) is 6.48. The third-order valence-corrected chi connectivity index (χ3v) is 4.57. The highest BCUT2D eigenvalue weighted by Crippen LogP contribution is 2.41. The summed E-state index contributed by atoms with van der Waals surface area (Å²) in [5, 5.41) is 2.53. The normalized spacial score (nSPS) is 16.8. The van der Waals surface area contributed by atoms with Crippen molar-refractivity contribution in [3.63, 3.8) is 0 Å². The lowest BCUT2D eigenvalue weighted by Crippen LogP contribution is -1.91. The van der Waals surface area contributed by atoms with Crippen LogP contribution in [-0.4, -0.2) is 7.11 Å². The molecule has 2 aromatic carbocycles. The van der Waals surface area contributed by atoms with E-state index in [1.807, 2.05) is 6.07 Å². The van der Waals surface area contributed by atoms with Gasteiger partial charge in [0.25, 0.3) is 0 Å². The lowest BCUT2D eigenvalue weighted by atomic mass is 10.0. The zero-order chi connectivity index (χ0) is 12.5. The van der Waals surface area contributed by atoms with Crippen molar-refractivity contribution in [3.8, 4) is 5.75 Å². The van der Waals surface area contributed by atoms with Crippen LogP contribution in [0.2, 0.25) is 0 Å². The van der Waals surface area contributed by atoms with Crippen molar-refractivity contribution >= 4 is 26.7 Å². The standard InChI is InChI=1S/C16H17BrO/c1-18-15-7-6-12-9-14(5-4-13(12)10-15)16(17)8-11-2-3-11/h4-7,9-11,16H,2-3,8H2,1H3. The summed E-state index contributed by atoms with van der Waals surface area (Å²) in [5.74, 6) is 1.87. The van der Waals surface area contributed by atoms with Gasteiger partial charge in [-0.05, 0) is 40.8 Å². The van der Waals surface area contributed by atoms with Crippen LogP contribution in [0.1, 0.15) is 29.7 Å². The van der Waals surface area contributed by atoms with Gasteiger partial charge < -0.3 is 4.74 Å². The van der Waals surface area contributed by atoms with Crippen LogP contribution in [0.3, 0.4) is 0 Å². The summed E-state index contributed by atoms with van der Waals surface area (Å²) in [7, 11) is 1.71. The summed E-state index contributed by atoms with van der Waals surface area (Å²) in [4.78, 5) is 0.497. The Morgan fingerprint density at radius 3 is 2.61 bits per heavy atom. The molecule has 18 heavy (non-hydrogen) atoms. The third kappa shape index (κ3) is 2.54. The van der Waals surface area contributed by atoms with Gasteiger partial charge in [0, 0.05) is 4.83 Å². The van der Waals surface area contributed by atoms with E-state index in [4.69, 9.17) is 4.74 Å². The second-order valence-corrected chi connectivity index (χ2v) is 6.22. The first-order valence-corrected chi connectivity index (χ1v) is 7.39. The van der Waals surface area contributed by atoms with Gasteiger partial charge in [-0.3, -0.25) is 0 Å². The van der Waals surface area contributed by atoms with Gasteiger partial charge in [0.1, 0.15) is 5.75 Å². The Balaban J connectivity index is 1.90. The number of alkyl halides is 1. The Bertz CT molecular complexity index is 560. The molecule has 0 aromatic heterocycles. The minimum absolute atomic E-state index is 0.497. The molecule has 1 nitrogen and oxygen atoms in total. The van der Waals surface area contributed by atoms with Crippen LogP contribution in [0.25, 0.3) is 10.8 Å². The summed E-state index contributed by atoms with van der Waals surface area (Å²) < 4.78 is 5.25.